The zero-order chi connectivity index (χ0) is 34.0. The van der Waals surface area contributed by atoms with Crippen molar-refractivity contribution in [2.45, 2.75) is 113 Å². The van der Waals surface area contributed by atoms with Crippen LogP contribution in [0, 0.1) is 12.8 Å². The third kappa shape index (κ3) is 7.91. The van der Waals surface area contributed by atoms with Crippen molar-refractivity contribution < 1.29 is 0 Å². The Morgan fingerprint density at radius 2 is 1.66 bits per heavy atom. The van der Waals surface area contributed by atoms with E-state index in [0.29, 0.717) is 5.92 Å². The first-order valence-corrected chi connectivity index (χ1v) is 16.6. The maximum atomic E-state index is 4.50. The molecule has 0 heterocycles. The van der Waals surface area contributed by atoms with Crippen LogP contribution in [-0.2, 0) is 17.3 Å². The van der Waals surface area contributed by atoms with E-state index in [1.165, 1.54) is 68.3 Å². The van der Waals surface area contributed by atoms with Crippen LogP contribution >= 0.6 is 0 Å². The molecule has 240 valence electrons. The molecule has 0 bridgehead atoms. The van der Waals surface area contributed by atoms with Gasteiger partial charge in [-0.05, 0) is 84.2 Å². The maximum absolute atomic E-state index is 4.50. The molecule has 1 aliphatic rings. The summed E-state index contributed by atoms with van der Waals surface area (Å²) in [6, 6.07) is 11.8. The summed E-state index contributed by atoms with van der Waals surface area (Å²) in [7, 11) is 1.50. The molecule has 3 rings (SSSR count). The number of benzene rings is 2. The fraction of sp³-hybridized carbons (Fsp3) is 0.442. The van der Waals surface area contributed by atoms with Gasteiger partial charge in [0.2, 0.25) is 0 Å². The van der Waals surface area contributed by atoms with Crippen LogP contribution in [0.15, 0.2) is 97.2 Å². The minimum atomic E-state index is -0.151. The van der Waals surface area contributed by atoms with Crippen LogP contribution < -0.4 is 5.73 Å². The predicted molar refractivity (Wildman–Crippen MR) is 201 cm³/mol. The fourth-order valence-corrected chi connectivity index (χ4v) is 6.91. The van der Waals surface area contributed by atoms with Crippen LogP contribution in [0.1, 0.15) is 127 Å². The van der Waals surface area contributed by atoms with E-state index in [4.69, 9.17) is 0 Å². The highest BCUT2D eigenvalue weighted by molar-refractivity contribution is 5.75. The second-order valence-corrected chi connectivity index (χ2v) is 12.9. The van der Waals surface area contributed by atoms with Crippen molar-refractivity contribution in [2.75, 3.05) is 7.05 Å². The van der Waals surface area contributed by atoms with Crippen molar-refractivity contribution in [3.8, 4) is 0 Å². The van der Waals surface area contributed by atoms with Crippen LogP contribution in [0.25, 0.3) is 5.57 Å². The zero-order valence-electron chi connectivity index (χ0n) is 30.5. The molecule has 0 saturated heterocycles. The molecule has 0 spiro atoms. The summed E-state index contributed by atoms with van der Waals surface area (Å²) in [6.45, 7) is 39.6. The van der Waals surface area contributed by atoms with Crippen molar-refractivity contribution in [3.63, 3.8) is 0 Å². The summed E-state index contributed by atoms with van der Waals surface area (Å²) in [6.07, 6.45) is 12.6. The Bertz CT molecular complexity index is 1400. The Morgan fingerprint density at radius 3 is 2.16 bits per heavy atom. The number of hydrogen-bond acceptors (Lipinski definition) is 1. The molecule has 0 amide bonds. The van der Waals surface area contributed by atoms with Crippen molar-refractivity contribution in [1.29, 1.82) is 0 Å². The third-order valence-electron chi connectivity index (χ3n) is 9.45. The number of allylic oxidation sites excluding steroid dienone is 9. The van der Waals surface area contributed by atoms with Gasteiger partial charge in [0.05, 0.1) is 0 Å². The standard InChI is InChI=1S/C40H52.C2H6.CH5N/c1-14-19-32-25-35-33(20-18-21-36(35)39(32,10)11)28(8)34-23-31(30(16-3)17-4)24-38(29(34)9)40(12,13)37(26(5)6)22-27(7)15-2;2*1-2/h14,16-24,26,28H,1,3,7,15,25H2,2,4-6,8-13H3;1-2H3;2H2,1H3/b30-17+,32-19+,37-22+;;. The molecule has 2 N–H and O–H groups in total. The minimum Gasteiger partial charge on any atom is -0.333 e. The normalized spacial score (nSPS) is 15.9. The van der Waals surface area contributed by atoms with Gasteiger partial charge < -0.3 is 5.73 Å². The highest BCUT2D eigenvalue weighted by atomic mass is 14.4. The van der Waals surface area contributed by atoms with Crippen LogP contribution in [0.5, 0.6) is 0 Å². The predicted octanol–water partition coefficient (Wildman–Crippen LogP) is 12.1. The average Bonchev–Trinajstić information content (AvgIpc) is 3.27. The van der Waals surface area contributed by atoms with Gasteiger partial charge in [-0.2, -0.15) is 0 Å². The number of nitrogens with two attached hydrogens (primary N) is 1. The van der Waals surface area contributed by atoms with Crippen molar-refractivity contribution in [1.82, 2.24) is 0 Å². The van der Waals surface area contributed by atoms with Gasteiger partial charge in [-0.15, -0.1) is 0 Å². The van der Waals surface area contributed by atoms with Crippen LogP contribution in [0.3, 0.4) is 0 Å². The zero-order valence-corrected chi connectivity index (χ0v) is 30.5. The molecule has 0 fully saturated rings. The molecule has 1 heteroatoms. The minimum absolute atomic E-state index is 0.0168. The maximum Gasteiger partial charge on any atom is 0.0114 e. The first-order chi connectivity index (χ1) is 20.8. The molecule has 1 unspecified atom stereocenters. The summed E-state index contributed by atoms with van der Waals surface area (Å²) in [5.74, 6) is 0.667. The number of fused-ring (bicyclic) bond motifs is 1. The van der Waals surface area contributed by atoms with E-state index in [2.05, 4.69) is 143 Å². The van der Waals surface area contributed by atoms with Gasteiger partial charge >= 0.3 is 0 Å². The molecule has 1 aliphatic carbocycles. The Hall–Kier alpha value is -3.16. The summed E-state index contributed by atoms with van der Waals surface area (Å²) >= 11 is 0. The lowest BCUT2D eigenvalue weighted by Crippen LogP contribution is -2.26. The lowest BCUT2D eigenvalue weighted by Gasteiger charge is -2.35. The van der Waals surface area contributed by atoms with E-state index < -0.39 is 0 Å². The lowest BCUT2D eigenvalue weighted by molar-refractivity contribution is 0.535. The van der Waals surface area contributed by atoms with E-state index in [0.717, 1.165) is 12.8 Å². The monoisotopic (exact) mass is 593 g/mol. The smallest absolute Gasteiger partial charge is 0.0114 e. The Morgan fingerprint density at radius 1 is 1.05 bits per heavy atom. The number of hydrogen-bond donors (Lipinski definition) is 1. The topological polar surface area (TPSA) is 26.0 Å². The SMILES string of the molecule is C=C/C=C1\Cc2c(C(C)c3cc(/C(C=C)=C/C)cc(C(C)(C)/C(=C/C(=C)CC)C(C)C)c3C)cccc2C1(C)C.CC.CN. The molecule has 1 nitrogen and oxygen atoms in total. The second-order valence-electron chi connectivity index (χ2n) is 12.9. The Kier molecular flexibility index (Phi) is 14.8. The summed E-state index contributed by atoms with van der Waals surface area (Å²) in [5, 5.41) is 0. The fourth-order valence-electron chi connectivity index (χ4n) is 6.91. The van der Waals surface area contributed by atoms with E-state index in [9.17, 15) is 0 Å². The first-order valence-electron chi connectivity index (χ1n) is 16.6. The average molecular weight is 594 g/mol. The van der Waals surface area contributed by atoms with Gasteiger partial charge in [-0.1, -0.05) is 166 Å². The molecule has 0 aromatic heterocycles. The first kappa shape index (κ1) is 38.9. The van der Waals surface area contributed by atoms with E-state index >= 15 is 0 Å². The number of rotatable bonds is 10. The van der Waals surface area contributed by atoms with E-state index in [1.54, 1.807) is 0 Å². The van der Waals surface area contributed by atoms with E-state index in [-0.39, 0.29) is 16.7 Å². The molecule has 2 aromatic rings. The lowest BCUT2D eigenvalue weighted by atomic mass is 9.69. The molecule has 0 radical (unpaired) electrons. The summed E-state index contributed by atoms with van der Waals surface area (Å²) in [4.78, 5) is 0. The van der Waals surface area contributed by atoms with Gasteiger partial charge in [0, 0.05) is 16.7 Å². The van der Waals surface area contributed by atoms with Gasteiger partial charge in [-0.3, -0.25) is 0 Å². The summed E-state index contributed by atoms with van der Waals surface area (Å²) in [5.41, 5.74) is 19.4. The summed E-state index contributed by atoms with van der Waals surface area (Å²) < 4.78 is 0. The molecular formula is C43H63N. The molecule has 44 heavy (non-hydrogen) atoms. The van der Waals surface area contributed by atoms with Crippen molar-refractivity contribution in [2.24, 2.45) is 11.7 Å². The van der Waals surface area contributed by atoms with Gasteiger partial charge in [0.25, 0.3) is 0 Å². The van der Waals surface area contributed by atoms with Gasteiger partial charge in [-0.25, -0.2) is 0 Å². The van der Waals surface area contributed by atoms with Gasteiger partial charge in [0.1, 0.15) is 0 Å². The van der Waals surface area contributed by atoms with Crippen molar-refractivity contribution in [3.05, 3.63) is 136 Å². The highest BCUT2D eigenvalue weighted by Gasteiger charge is 2.37. The van der Waals surface area contributed by atoms with Crippen LogP contribution in [0.2, 0.25) is 0 Å². The molecule has 1 atom stereocenters. The third-order valence-corrected chi connectivity index (χ3v) is 9.45. The largest absolute Gasteiger partial charge is 0.333 e. The molecule has 0 saturated carbocycles. The van der Waals surface area contributed by atoms with Crippen LogP contribution in [-0.4, -0.2) is 7.05 Å². The Balaban J connectivity index is 0.00000232. The molecule has 0 aliphatic heterocycles. The molecule has 2 aromatic carbocycles. The van der Waals surface area contributed by atoms with Gasteiger partial charge in [0.15, 0.2) is 0 Å². The molecular weight excluding hydrogens is 530 g/mol. The van der Waals surface area contributed by atoms with E-state index in [1.807, 2.05) is 26.0 Å². The van der Waals surface area contributed by atoms with Crippen molar-refractivity contribution >= 4 is 5.57 Å². The Labute approximate surface area is 272 Å². The van der Waals surface area contributed by atoms with Crippen LogP contribution in [0.4, 0.5) is 0 Å². The highest BCUT2D eigenvalue weighted by Crippen LogP contribution is 2.47. The second kappa shape index (κ2) is 16.8. The quantitative estimate of drug-likeness (QED) is 0.272.